The Morgan fingerprint density at radius 2 is 1.68 bits per heavy atom. The van der Waals surface area contributed by atoms with Gasteiger partial charge in [-0.3, -0.25) is 20.4 Å². The summed E-state index contributed by atoms with van der Waals surface area (Å²) in [4.78, 5) is 25.9. The van der Waals surface area contributed by atoms with Crippen molar-refractivity contribution in [2.24, 2.45) is 0 Å². The summed E-state index contributed by atoms with van der Waals surface area (Å²) in [6.07, 6.45) is 0.204. The first-order valence-corrected chi connectivity index (χ1v) is 9.61. The van der Waals surface area contributed by atoms with Gasteiger partial charge in [0, 0.05) is 5.39 Å². The highest BCUT2D eigenvalue weighted by molar-refractivity contribution is 7.20. The van der Waals surface area contributed by atoms with Crippen molar-refractivity contribution in [1.29, 1.82) is 0 Å². The van der Waals surface area contributed by atoms with Crippen LogP contribution in [-0.4, -0.2) is 21.6 Å². The highest BCUT2D eigenvalue weighted by Crippen LogP contribution is 2.30. The highest BCUT2D eigenvalue weighted by Gasteiger charge is 2.17. The minimum atomic E-state index is -0.346. The molecule has 140 valence electrons. The largest absolute Gasteiger partial charge is 0.279 e. The van der Waals surface area contributed by atoms with Crippen LogP contribution in [0.25, 0.3) is 15.9 Å². The van der Waals surface area contributed by atoms with E-state index in [2.05, 4.69) is 16.0 Å². The van der Waals surface area contributed by atoms with E-state index in [9.17, 15) is 9.59 Å². The van der Waals surface area contributed by atoms with Gasteiger partial charge in [-0.25, -0.2) is 4.68 Å². The molecule has 4 aromatic rings. The molecule has 7 heteroatoms. The van der Waals surface area contributed by atoms with E-state index in [-0.39, 0.29) is 18.2 Å². The monoisotopic (exact) mass is 390 g/mol. The lowest BCUT2D eigenvalue weighted by Crippen LogP contribution is -2.42. The zero-order chi connectivity index (χ0) is 19.5. The van der Waals surface area contributed by atoms with Gasteiger partial charge in [-0.15, -0.1) is 11.3 Å². The van der Waals surface area contributed by atoms with E-state index in [1.165, 1.54) is 11.3 Å². The zero-order valence-corrected chi connectivity index (χ0v) is 16.0. The molecule has 2 N–H and O–H groups in total. The molecule has 0 unspecified atom stereocenters. The number of hydrazine groups is 1. The number of nitrogens with zero attached hydrogens (tertiary/aromatic N) is 2. The molecule has 0 fully saturated rings. The van der Waals surface area contributed by atoms with Crippen LogP contribution < -0.4 is 10.9 Å². The Balaban J connectivity index is 1.48. The fourth-order valence-corrected chi connectivity index (χ4v) is 3.99. The van der Waals surface area contributed by atoms with Crippen molar-refractivity contribution in [2.75, 3.05) is 0 Å². The SMILES string of the molecule is Cc1nn(-c2ccccc2)c2sc(C(=O)NNC(=O)Cc3ccccc3)cc12. The number of amides is 2. The Morgan fingerprint density at radius 1 is 1.00 bits per heavy atom. The first-order chi connectivity index (χ1) is 13.6. The lowest BCUT2D eigenvalue weighted by atomic mass is 10.1. The summed E-state index contributed by atoms with van der Waals surface area (Å²) in [5.41, 5.74) is 7.63. The number of fused-ring (bicyclic) bond motifs is 1. The van der Waals surface area contributed by atoms with Crippen LogP contribution in [-0.2, 0) is 11.2 Å². The molecule has 4 rings (SSSR count). The second-order valence-electron chi connectivity index (χ2n) is 6.33. The Hall–Kier alpha value is -3.45. The number of benzene rings is 2. The molecule has 2 aromatic carbocycles. The van der Waals surface area contributed by atoms with Crippen molar-refractivity contribution in [2.45, 2.75) is 13.3 Å². The molecule has 2 heterocycles. The molecule has 2 aromatic heterocycles. The molecule has 28 heavy (non-hydrogen) atoms. The van der Waals surface area contributed by atoms with Gasteiger partial charge in [0.2, 0.25) is 5.91 Å². The molecule has 2 amide bonds. The summed E-state index contributed by atoms with van der Waals surface area (Å²) >= 11 is 1.34. The van der Waals surface area contributed by atoms with Crippen LogP contribution in [0.2, 0.25) is 0 Å². The number of carbonyl (C=O) groups excluding carboxylic acids is 2. The number of hydrogen-bond donors (Lipinski definition) is 2. The molecular weight excluding hydrogens is 372 g/mol. The van der Waals surface area contributed by atoms with E-state index < -0.39 is 0 Å². The molecule has 0 aliphatic carbocycles. The number of carbonyl (C=O) groups is 2. The Morgan fingerprint density at radius 3 is 2.39 bits per heavy atom. The number of hydrogen-bond acceptors (Lipinski definition) is 4. The Labute approximate surface area is 165 Å². The van der Waals surface area contributed by atoms with E-state index in [0.717, 1.165) is 27.2 Å². The number of rotatable bonds is 4. The van der Waals surface area contributed by atoms with Crippen LogP contribution >= 0.6 is 11.3 Å². The van der Waals surface area contributed by atoms with Crippen LogP contribution in [0.15, 0.2) is 66.7 Å². The maximum atomic E-state index is 12.5. The van der Waals surface area contributed by atoms with Crippen LogP contribution in [0.4, 0.5) is 0 Å². The van der Waals surface area contributed by atoms with Crippen molar-refractivity contribution in [3.05, 3.63) is 82.9 Å². The standard InChI is InChI=1S/C21H18N4O2S/c1-14-17-13-18(28-21(17)25(24-14)16-10-6-3-7-11-16)20(27)23-22-19(26)12-15-8-4-2-5-9-15/h2-11,13H,12H2,1H3,(H,22,26)(H,23,27). The fraction of sp³-hybridized carbons (Fsp3) is 0.0952. The summed E-state index contributed by atoms with van der Waals surface area (Å²) < 4.78 is 1.83. The predicted octanol–water partition coefficient (Wildman–Crippen LogP) is 3.40. The second kappa shape index (κ2) is 7.66. The number of nitrogens with one attached hydrogen (secondary N) is 2. The lowest BCUT2D eigenvalue weighted by Gasteiger charge is -2.06. The van der Waals surface area contributed by atoms with E-state index in [0.29, 0.717) is 4.88 Å². The second-order valence-corrected chi connectivity index (χ2v) is 7.36. The summed E-state index contributed by atoms with van der Waals surface area (Å²) in [6, 6.07) is 20.9. The van der Waals surface area contributed by atoms with Crippen molar-refractivity contribution in [3.63, 3.8) is 0 Å². The van der Waals surface area contributed by atoms with E-state index >= 15 is 0 Å². The molecule has 0 atom stereocenters. The molecule has 0 spiro atoms. The first kappa shape index (κ1) is 17.9. The predicted molar refractivity (Wildman–Crippen MR) is 109 cm³/mol. The minimum absolute atomic E-state index is 0.204. The molecule has 0 saturated heterocycles. The van der Waals surface area contributed by atoms with E-state index in [1.807, 2.05) is 72.3 Å². The highest BCUT2D eigenvalue weighted by atomic mass is 32.1. The van der Waals surface area contributed by atoms with Crippen LogP contribution in [0.1, 0.15) is 20.9 Å². The van der Waals surface area contributed by atoms with Crippen molar-refractivity contribution in [1.82, 2.24) is 20.6 Å². The maximum absolute atomic E-state index is 12.5. The molecule has 0 saturated carbocycles. The molecule has 0 bridgehead atoms. The number of thiophene rings is 1. The van der Waals surface area contributed by atoms with Crippen molar-refractivity contribution in [3.8, 4) is 5.69 Å². The number of para-hydroxylation sites is 1. The Bertz CT molecular complexity index is 1130. The first-order valence-electron chi connectivity index (χ1n) is 8.79. The van der Waals surface area contributed by atoms with Crippen LogP contribution in [0.5, 0.6) is 0 Å². The third kappa shape index (κ3) is 3.65. The normalized spacial score (nSPS) is 10.8. The van der Waals surface area contributed by atoms with Gasteiger partial charge >= 0.3 is 0 Å². The third-order valence-corrected chi connectivity index (χ3v) is 5.40. The van der Waals surface area contributed by atoms with Gasteiger partial charge < -0.3 is 0 Å². The minimum Gasteiger partial charge on any atom is -0.273 e. The lowest BCUT2D eigenvalue weighted by molar-refractivity contribution is -0.121. The van der Waals surface area contributed by atoms with Gasteiger partial charge in [0.1, 0.15) is 4.83 Å². The average molecular weight is 390 g/mol. The Kier molecular flexibility index (Phi) is 4.90. The van der Waals surface area contributed by atoms with Gasteiger partial charge in [0.05, 0.1) is 22.7 Å². The van der Waals surface area contributed by atoms with Gasteiger partial charge in [0.15, 0.2) is 0 Å². The van der Waals surface area contributed by atoms with Gasteiger partial charge in [-0.05, 0) is 30.7 Å². The van der Waals surface area contributed by atoms with E-state index in [4.69, 9.17) is 0 Å². The van der Waals surface area contributed by atoms with Gasteiger partial charge in [0.25, 0.3) is 5.91 Å². The van der Waals surface area contributed by atoms with Gasteiger partial charge in [-0.1, -0.05) is 48.5 Å². The number of aromatic nitrogens is 2. The van der Waals surface area contributed by atoms with Crippen molar-refractivity contribution >= 4 is 33.4 Å². The molecule has 6 nitrogen and oxygen atoms in total. The summed E-state index contributed by atoms with van der Waals surface area (Å²) in [5.74, 6) is -0.617. The fourth-order valence-electron chi connectivity index (χ4n) is 2.92. The van der Waals surface area contributed by atoms with Crippen LogP contribution in [0, 0.1) is 6.92 Å². The smallest absolute Gasteiger partial charge is 0.273 e. The quantitative estimate of drug-likeness (QED) is 0.525. The van der Waals surface area contributed by atoms with E-state index in [1.54, 1.807) is 6.07 Å². The van der Waals surface area contributed by atoms with Gasteiger partial charge in [-0.2, -0.15) is 5.10 Å². The maximum Gasteiger partial charge on any atom is 0.279 e. The topological polar surface area (TPSA) is 76.0 Å². The zero-order valence-electron chi connectivity index (χ0n) is 15.2. The average Bonchev–Trinajstić information content (AvgIpc) is 3.28. The third-order valence-electron chi connectivity index (χ3n) is 4.29. The molecule has 0 aliphatic heterocycles. The molecular formula is C21H18N4O2S. The van der Waals surface area contributed by atoms with Crippen LogP contribution in [0.3, 0.4) is 0 Å². The molecule has 0 radical (unpaired) electrons. The summed E-state index contributed by atoms with van der Waals surface area (Å²) in [6.45, 7) is 1.91. The number of aryl methyl sites for hydroxylation is 1. The summed E-state index contributed by atoms with van der Waals surface area (Å²) in [5, 5.41) is 5.49. The van der Waals surface area contributed by atoms with Crippen molar-refractivity contribution < 1.29 is 9.59 Å². The molecule has 0 aliphatic rings. The summed E-state index contributed by atoms with van der Waals surface area (Å²) in [7, 11) is 0.